The van der Waals surface area contributed by atoms with E-state index in [0.29, 0.717) is 16.7 Å². The fourth-order valence-electron chi connectivity index (χ4n) is 4.04. The lowest BCUT2D eigenvalue weighted by Gasteiger charge is -2.33. The molecule has 2 unspecified atom stereocenters. The number of nitrogens with two attached hydrogens (primary N) is 1. The summed E-state index contributed by atoms with van der Waals surface area (Å²) in [6.45, 7) is -3.58. The maximum Gasteiger partial charge on any atom is 0.416 e. The molecule has 4 heterocycles. The van der Waals surface area contributed by atoms with Gasteiger partial charge in [-0.05, 0) is 29.5 Å². The molecule has 2 aliphatic heterocycles. The summed E-state index contributed by atoms with van der Waals surface area (Å²) in [5.41, 5.74) is 5.90. The molecule has 11 nitrogen and oxygen atoms in total. The summed E-state index contributed by atoms with van der Waals surface area (Å²) >= 11 is 5.40. The SMILES string of the molecule is Nc1ncnc2c1ncn2[C@@H]1O[C@H](COP2(=S)OCCC(c3cccc(C(F)(F)F)c3)O2)[C@@H](O)[C@H]1O. The first-order valence-corrected chi connectivity index (χ1v) is 13.3. The second-order valence-electron chi connectivity index (χ2n) is 8.21. The van der Waals surface area contributed by atoms with Gasteiger partial charge in [0.25, 0.3) is 0 Å². The summed E-state index contributed by atoms with van der Waals surface area (Å²) in [7, 11) is 0. The summed E-state index contributed by atoms with van der Waals surface area (Å²) in [5.74, 6) is 0.145. The van der Waals surface area contributed by atoms with Gasteiger partial charge in [-0.3, -0.25) is 4.57 Å². The minimum Gasteiger partial charge on any atom is -0.387 e. The third kappa shape index (κ3) is 4.85. The Kier molecular flexibility index (Phi) is 6.76. The topological polar surface area (TPSA) is 147 Å². The molecule has 36 heavy (non-hydrogen) atoms. The molecule has 2 aromatic heterocycles. The molecular formula is C20H21F3N5O6PS. The summed E-state index contributed by atoms with van der Waals surface area (Å²) in [6.07, 6.45) is -7.20. The van der Waals surface area contributed by atoms with Crippen LogP contribution in [0.4, 0.5) is 19.0 Å². The standard InChI is InChI=1S/C20H21F3N5O6PS/c21-20(22,23)11-3-1-2-10(6-11)12-4-5-31-35(36,34-12)32-7-13-15(29)16(30)19(33-13)28-9-27-14-17(24)25-8-26-18(14)28/h1-3,6,8-9,12-13,15-16,19,29-30H,4-5,7H2,(H2,24,25,26)/t12?,13-,15-,16-,19-,35?/m1/s1. The molecule has 0 amide bonds. The van der Waals surface area contributed by atoms with Gasteiger partial charge in [0.2, 0.25) is 0 Å². The van der Waals surface area contributed by atoms with Gasteiger partial charge in [0.1, 0.15) is 30.2 Å². The maximum absolute atomic E-state index is 13.1. The molecule has 2 fully saturated rings. The van der Waals surface area contributed by atoms with Crippen LogP contribution in [-0.4, -0.2) is 61.3 Å². The fraction of sp³-hybridized carbons (Fsp3) is 0.450. The molecule has 6 atom stereocenters. The number of aliphatic hydroxyl groups is 2. The fourth-order valence-corrected chi connectivity index (χ4v) is 6.15. The van der Waals surface area contributed by atoms with Gasteiger partial charge >= 0.3 is 12.9 Å². The Balaban J connectivity index is 1.27. The molecule has 1 aromatic carbocycles. The highest BCUT2D eigenvalue weighted by atomic mass is 32.5. The highest BCUT2D eigenvalue weighted by Crippen LogP contribution is 2.57. The molecule has 2 aliphatic rings. The third-order valence-corrected chi connectivity index (χ3v) is 8.23. The van der Waals surface area contributed by atoms with E-state index in [1.54, 1.807) is 0 Å². The molecule has 0 aliphatic carbocycles. The number of aromatic nitrogens is 4. The molecule has 2 saturated heterocycles. The predicted molar refractivity (Wildman–Crippen MR) is 122 cm³/mol. The van der Waals surface area contributed by atoms with Crippen molar-refractivity contribution in [3.8, 4) is 0 Å². The minimum absolute atomic E-state index is 0.111. The first-order valence-electron chi connectivity index (χ1n) is 10.7. The van der Waals surface area contributed by atoms with E-state index in [4.69, 9.17) is 35.8 Å². The molecule has 16 heteroatoms. The number of nitrogen functional groups attached to an aromatic ring is 1. The molecule has 0 radical (unpaired) electrons. The van der Waals surface area contributed by atoms with Crippen molar-refractivity contribution in [2.75, 3.05) is 18.9 Å². The Bertz CT molecular complexity index is 1310. The van der Waals surface area contributed by atoms with Crippen LogP contribution >= 0.6 is 6.72 Å². The minimum atomic E-state index is -4.50. The molecule has 0 spiro atoms. The molecule has 3 aromatic rings. The number of alkyl halides is 3. The van der Waals surface area contributed by atoms with Gasteiger partial charge in [-0.25, -0.2) is 15.0 Å². The molecule has 4 N–H and O–H groups in total. The van der Waals surface area contributed by atoms with Gasteiger partial charge in [-0.15, -0.1) is 0 Å². The number of imidazole rings is 1. The van der Waals surface area contributed by atoms with Crippen LogP contribution in [0, 0.1) is 0 Å². The molecule has 5 rings (SSSR count). The number of benzene rings is 1. The Hall–Kier alpha value is -2.23. The summed E-state index contributed by atoms with van der Waals surface area (Å²) in [5, 5.41) is 21.1. The largest absolute Gasteiger partial charge is 0.416 e. The van der Waals surface area contributed by atoms with Crippen molar-refractivity contribution in [1.82, 2.24) is 19.5 Å². The van der Waals surface area contributed by atoms with Crippen LogP contribution in [0.15, 0.2) is 36.9 Å². The smallest absolute Gasteiger partial charge is 0.387 e. The number of aliphatic hydroxyl groups excluding tert-OH is 2. The normalized spacial score (nSPS) is 31.2. The van der Waals surface area contributed by atoms with Gasteiger partial charge in [0.05, 0.1) is 31.2 Å². The van der Waals surface area contributed by atoms with Crippen LogP contribution < -0.4 is 5.73 Å². The van der Waals surface area contributed by atoms with E-state index in [0.717, 1.165) is 12.1 Å². The average Bonchev–Trinajstić information content (AvgIpc) is 3.39. The number of halogens is 3. The molecule has 0 saturated carbocycles. The predicted octanol–water partition coefficient (Wildman–Crippen LogP) is 2.47. The maximum atomic E-state index is 13.1. The second kappa shape index (κ2) is 9.58. The quantitative estimate of drug-likeness (QED) is 0.405. The summed E-state index contributed by atoms with van der Waals surface area (Å²) in [6, 6.07) is 4.79. The van der Waals surface area contributed by atoms with E-state index < -0.39 is 49.1 Å². The van der Waals surface area contributed by atoms with Crippen LogP contribution in [0.25, 0.3) is 11.2 Å². The Morgan fingerprint density at radius 3 is 2.81 bits per heavy atom. The first-order chi connectivity index (χ1) is 17.1. The van der Waals surface area contributed by atoms with Crippen LogP contribution in [0.1, 0.15) is 29.9 Å². The van der Waals surface area contributed by atoms with Crippen molar-refractivity contribution in [2.24, 2.45) is 0 Å². The Morgan fingerprint density at radius 2 is 2.03 bits per heavy atom. The zero-order valence-corrected chi connectivity index (χ0v) is 20.1. The monoisotopic (exact) mass is 547 g/mol. The van der Waals surface area contributed by atoms with Crippen molar-refractivity contribution < 1.29 is 41.7 Å². The lowest BCUT2D eigenvalue weighted by atomic mass is 10.0. The number of anilines is 1. The van der Waals surface area contributed by atoms with E-state index in [9.17, 15) is 23.4 Å². The van der Waals surface area contributed by atoms with E-state index in [1.165, 1.54) is 29.4 Å². The van der Waals surface area contributed by atoms with Crippen LogP contribution in [0.3, 0.4) is 0 Å². The third-order valence-electron chi connectivity index (χ3n) is 5.87. The van der Waals surface area contributed by atoms with Crippen molar-refractivity contribution in [1.29, 1.82) is 0 Å². The zero-order chi connectivity index (χ0) is 25.7. The van der Waals surface area contributed by atoms with Crippen LogP contribution in [0.5, 0.6) is 0 Å². The van der Waals surface area contributed by atoms with Gasteiger partial charge in [-0.1, -0.05) is 12.1 Å². The van der Waals surface area contributed by atoms with Crippen molar-refractivity contribution >= 4 is 35.5 Å². The number of nitrogens with zero attached hydrogens (tertiary/aromatic N) is 4. The zero-order valence-electron chi connectivity index (χ0n) is 18.4. The lowest BCUT2D eigenvalue weighted by Crippen LogP contribution is -2.34. The first kappa shape index (κ1) is 25.4. The molecular weight excluding hydrogens is 526 g/mol. The van der Waals surface area contributed by atoms with Gasteiger partial charge in [-0.2, -0.15) is 13.2 Å². The van der Waals surface area contributed by atoms with Crippen LogP contribution in [-0.2, 0) is 36.3 Å². The Morgan fingerprint density at radius 1 is 1.22 bits per heavy atom. The van der Waals surface area contributed by atoms with Crippen molar-refractivity contribution in [3.63, 3.8) is 0 Å². The second-order valence-corrected chi connectivity index (χ2v) is 11.2. The van der Waals surface area contributed by atoms with Crippen LogP contribution in [0.2, 0.25) is 0 Å². The van der Waals surface area contributed by atoms with Crippen molar-refractivity contribution in [3.05, 3.63) is 48.0 Å². The Labute approximate surface area is 207 Å². The average molecular weight is 547 g/mol. The van der Waals surface area contributed by atoms with E-state index in [2.05, 4.69) is 15.0 Å². The highest BCUT2D eigenvalue weighted by Gasteiger charge is 2.46. The van der Waals surface area contributed by atoms with Crippen molar-refractivity contribution in [2.45, 2.75) is 43.2 Å². The van der Waals surface area contributed by atoms with Gasteiger partial charge < -0.3 is 34.3 Å². The van der Waals surface area contributed by atoms with Gasteiger partial charge in [0, 0.05) is 6.42 Å². The number of hydrogen-bond acceptors (Lipinski definition) is 11. The van der Waals surface area contributed by atoms with E-state index >= 15 is 0 Å². The lowest BCUT2D eigenvalue weighted by molar-refractivity contribution is -0.137. The highest BCUT2D eigenvalue weighted by molar-refractivity contribution is 8.07. The molecule has 194 valence electrons. The number of rotatable bonds is 5. The number of ether oxygens (including phenoxy) is 1. The van der Waals surface area contributed by atoms with Gasteiger partial charge in [0.15, 0.2) is 17.7 Å². The van der Waals surface area contributed by atoms with E-state index in [-0.39, 0.29) is 25.5 Å². The number of fused-ring (bicyclic) bond motifs is 1. The number of hydrogen-bond donors (Lipinski definition) is 3. The van der Waals surface area contributed by atoms with E-state index in [1.807, 2.05) is 0 Å². The summed E-state index contributed by atoms with van der Waals surface area (Å²) in [4.78, 5) is 12.1. The molecule has 0 bridgehead atoms. The summed E-state index contributed by atoms with van der Waals surface area (Å²) < 4.78 is 63.5.